The number of benzene rings is 1. The van der Waals surface area contributed by atoms with Crippen molar-refractivity contribution in [3.05, 3.63) is 65.1 Å². The lowest BCUT2D eigenvalue weighted by atomic mass is 10.1. The van der Waals surface area contributed by atoms with E-state index in [1.54, 1.807) is 24.7 Å². The second kappa shape index (κ2) is 6.95. The van der Waals surface area contributed by atoms with Gasteiger partial charge in [-0.25, -0.2) is 4.98 Å². The third-order valence-corrected chi connectivity index (χ3v) is 4.83. The molecule has 7 heteroatoms. The highest BCUT2D eigenvalue weighted by Gasteiger charge is 2.25. The maximum Gasteiger partial charge on any atom is 0.278 e. The minimum absolute atomic E-state index is 0.101. The highest BCUT2D eigenvalue weighted by molar-refractivity contribution is 5.99. The topological polar surface area (TPSA) is 84.2 Å². The fourth-order valence-corrected chi connectivity index (χ4v) is 3.53. The van der Waals surface area contributed by atoms with Crippen LogP contribution in [0.3, 0.4) is 0 Å². The maximum atomic E-state index is 11.3. The van der Waals surface area contributed by atoms with Crippen molar-refractivity contribution in [2.24, 2.45) is 5.92 Å². The average molecular weight is 349 g/mol. The molecule has 1 saturated heterocycles. The Kier molecular flexibility index (Phi) is 4.35. The Morgan fingerprint density at radius 1 is 1.19 bits per heavy atom. The lowest BCUT2D eigenvalue weighted by Gasteiger charge is -2.21. The number of aromatic nitrogens is 2. The summed E-state index contributed by atoms with van der Waals surface area (Å²) in [7, 11) is 0. The third-order valence-electron chi connectivity index (χ3n) is 4.83. The van der Waals surface area contributed by atoms with Gasteiger partial charge in [-0.3, -0.25) is 15.1 Å². The lowest BCUT2D eigenvalue weighted by Crippen LogP contribution is -2.22. The zero-order valence-electron chi connectivity index (χ0n) is 14.2. The lowest BCUT2D eigenvalue weighted by molar-refractivity contribution is -0.383. The summed E-state index contributed by atoms with van der Waals surface area (Å²) in [6.07, 6.45) is 6.11. The van der Waals surface area contributed by atoms with Gasteiger partial charge in [0, 0.05) is 55.4 Å². The van der Waals surface area contributed by atoms with Crippen LogP contribution < -0.4 is 10.2 Å². The Balaban J connectivity index is 1.52. The summed E-state index contributed by atoms with van der Waals surface area (Å²) in [5.41, 5.74) is 1.14. The molecule has 1 unspecified atom stereocenters. The smallest absolute Gasteiger partial charge is 0.278 e. The first kappa shape index (κ1) is 16.3. The molecule has 1 aliphatic heterocycles. The molecule has 132 valence electrons. The molecular formula is C19H19N5O2. The maximum absolute atomic E-state index is 11.3. The molecule has 3 heterocycles. The molecule has 1 aliphatic rings. The highest BCUT2D eigenvalue weighted by Crippen LogP contribution is 2.35. The third kappa shape index (κ3) is 3.15. The molecule has 1 N–H and O–H groups in total. The quantitative estimate of drug-likeness (QED) is 0.561. The van der Waals surface area contributed by atoms with E-state index in [-0.39, 0.29) is 10.6 Å². The molecule has 0 radical (unpaired) electrons. The number of pyridine rings is 2. The SMILES string of the molecule is O=[N+]([O-])c1ccc(N2CCC(CNc3ccccn3)C2)c2ccncc12. The van der Waals surface area contributed by atoms with Crippen LogP contribution in [-0.2, 0) is 0 Å². The van der Waals surface area contributed by atoms with Crippen LogP contribution in [0.1, 0.15) is 6.42 Å². The van der Waals surface area contributed by atoms with Crippen molar-refractivity contribution in [1.29, 1.82) is 0 Å². The van der Waals surface area contributed by atoms with Crippen LogP contribution in [0.2, 0.25) is 0 Å². The van der Waals surface area contributed by atoms with Crippen molar-refractivity contribution in [3.8, 4) is 0 Å². The number of nitro benzene ring substituents is 1. The average Bonchev–Trinajstić information content (AvgIpc) is 3.15. The van der Waals surface area contributed by atoms with E-state index in [2.05, 4.69) is 20.2 Å². The number of rotatable bonds is 5. The number of nitro groups is 1. The highest BCUT2D eigenvalue weighted by atomic mass is 16.6. The van der Waals surface area contributed by atoms with Crippen molar-refractivity contribution in [3.63, 3.8) is 0 Å². The van der Waals surface area contributed by atoms with Crippen molar-refractivity contribution in [2.75, 3.05) is 29.9 Å². The second-order valence-electron chi connectivity index (χ2n) is 6.48. The van der Waals surface area contributed by atoms with Gasteiger partial charge in [0.1, 0.15) is 5.82 Å². The molecule has 4 rings (SSSR count). The van der Waals surface area contributed by atoms with E-state index in [1.165, 1.54) is 0 Å². The number of hydrogen-bond acceptors (Lipinski definition) is 6. The van der Waals surface area contributed by atoms with E-state index in [1.807, 2.05) is 30.3 Å². The van der Waals surface area contributed by atoms with E-state index in [4.69, 9.17) is 0 Å². The predicted octanol–water partition coefficient (Wildman–Crippen LogP) is 3.48. The molecule has 0 aliphatic carbocycles. The second-order valence-corrected chi connectivity index (χ2v) is 6.48. The van der Waals surface area contributed by atoms with Gasteiger partial charge in [0.15, 0.2) is 0 Å². The first-order valence-electron chi connectivity index (χ1n) is 8.63. The summed E-state index contributed by atoms with van der Waals surface area (Å²) in [6, 6.07) is 11.1. The molecule has 0 amide bonds. The molecule has 7 nitrogen and oxygen atoms in total. The molecule has 1 fully saturated rings. The molecule has 26 heavy (non-hydrogen) atoms. The summed E-state index contributed by atoms with van der Waals surface area (Å²) in [5, 5.41) is 16.1. The van der Waals surface area contributed by atoms with Crippen LogP contribution in [-0.4, -0.2) is 34.5 Å². The first-order chi connectivity index (χ1) is 12.7. The van der Waals surface area contributed by atoms with Crippen LogP contribution in [0.15, 0.2) is 55.0 Å². The van der Waals surface area contributed by atoms with Crippen molar-refractivity contribution < 1.29 is 4.92 Å². The zero-order valence-corrected chi connectivity index (χ0v) is 14.2. The number of nitrogens with zero attached hydrogens (tertiary/aromatic N) is 4. The number of non-ortho nitro benzene ring substituents is 1. The normalized spacial score (nSPS) is 16.8. The molecule has 0 spiro atoms. The Morgan fingerprint density at radius 3 is 2.92 bits per heavy atom. The number of fused-ring (bicyclic) bond motifs is 1. The van der Waals surface area contributed by atoms with Gasteiger partial charge >= 0.3 is 0 Å². The summed E-state index contributed by atoms with van der Waals surface area (Å²) in [4.78, 5) is 21.6. The predicted molar refractivity (Wildman–Crippen MR) is 101 cm³/mol. The molecule has 3 aromatic rings. The first-order valence-corrected chi connectivity index (χ1v) is 8.63. The van der Waals surface area contributed by atoms with Gasteiger partial charge < -0.3 is 10.2 Å². The van der Waals surface area contributed by atoms with Crippen molar-refractivity contribution >= 4 is 28.0 Å². The van der Waals surface area contributed by atoms with Gasteiger partial charge in [0.25, 0.3) is 5.69 Å². The van der Waals surface area contributed by atoms with Gasteiger partial charge in [-0.2, -0.15) is 0 Å². The fourth-order valence-electron chi connectivity index (χ4n) is 3.53. The van der Waals surface area contributed by atoms with Crippen molar-refractivity contribution in [1.82, 2.24) is 9.97 Å². The Hall–Kier alpha value is -3.22. The van der Waals surface area contributed by atoms with Crippen LogP contribution in [0.5, 0.6) is 0 Å². The largest absolute Gasteiger partial charge is 0.371 e. The van der Waals surface area contributed by atoms with Crippen LogP contribution >= 0.6 is 0 Å². The summed E-state index contributed by atoms with van der Waals surface area (Å²) in [6.45, 7) is 2.71. The number of anilines is 2. The Bertz CT molecular complexity index is 932. The monoisotopic (exact) mass is 349 g/mol. The Labute approximate surface area is 150 Å². The van der Waals surface area contributed by atoms with E-state index in [0.717, 1.165) is 42.9 Å². The molecular weight excluding hydrogens is 330 g/mol. The minimum Gasteiger partial charge on any atom is -0.371 e. The molecule has 1 atom stereocenters. The molecule has 0 bridgehead atoms. The van der Waals surface area contributed by atoms with E-state index in [9.17, 15) is 10.1 Å². The zero-order chi connectivity index (χ0) is 17.9. The summed E-state index contributed by atoms with van der Waals surface area (Å²) >= 11 is 0. The summed E-state index contributed by atoms with van der Waals surface area (Å²) in [5.74, 6) is 1.39. The van der Waals surface area contributed by atoms with E-state index < -0.39 is 0 Å². The van der Waals surface area contributed by atoms with Crippen LogP contribution in [0, 0.1) is 16.0 Å². The number of nitrogens with one attached hydrogen (secondary N) is 1. The number of hydrogen-bond donors (Lipinski definition) is 1. The van der Waals surface area contributed by atoms with Crippen molar-refractivity contribution in [2.45, 2.75) is 6.42 Å². The van der Waals surface area contributed by atoms with Gasteiger partial charge in [-0.1, -0.05) is 6.07 Å². The van der Waals surface area contributed by atoms with Crippen LogP contribution in [0.4, 0.5) is 17.2 Å². The van der Waals surface area contributed by atoms with Gasteiger partial charge in [0.2, 0.25) is 0 Å². The minimum atomic E-state index is -0.350. The van der Waals surface area contributed by atoms with Crippen LogP contribution in [0.25, 0.3) is 10.8 Å². The molecule has 2 aromatic heterocycles. The van der Waals surface area contributed by atoms with Gasteiger partial charge in [-0.15, -0.1) is 0 Å². The van der Waals surface area contributed by atoms with E-state index >= 15 is 0 Å². The van der Waals surface area contributed by atoms with Gasteiger partial charge in [0.05, 0.1) is 10.3 Å². The molecule has 0 saturated carbocycles. The Morgan fingerprint density at radius 2 is 2.12 bits per heavy atom. The fraction of sp³-hybridized carbons (Fsp3) is 0.263. The van der Waals surface area contributed by atoms with Gasteiger partial charge in [-0.05, 0) is 36.6 Å². The van der Waals surface area contributed by atoms with E-state index in [0.29, 0.717) is 11.3 Å². The molecule has 1 aromatic carbocycles. The standard InChI is InChI=1S/C19H19N5O2/c25-24(26)18-5-4-17(15-6-9-20-12-16(15)18)23-10-7-14(13-23)11-22-19-3-1-2-8-21-19/h1-6,8-9,12,14H,7,10-11,13H2,(H,21,22). The summed E-state index contributed by atoms with van der Waals surface area (Å²) < 4.78 is 0.